The first-order chi connectivity index (χ1) is 10.9. The number of thiocarbonyl (C=S) groups is 1. The molecule has 3 N–H and O–H groups in total. The second-order valence-corrected chi connectivity index (χ2v) is 5.74. The van der Waals surface area contributed by atoms with Crippen LogP contribution in [0.2, 0.25) is 0 Å². The molecule has 0 fully saturated rings. The maximum atomic E-state index is 13.1. The van der Waals surface area contributed by atoms with Crippen molar-refractivity contribution in [1.82, 2.24) is 5.32 Å². The Hall–Kier alpha value is -2.32. The van der Waals surface area contributed by atoms with E-state index in [1.807, 2.05) is 0 Å². The van der Waals surface area contributed by atoms with Crippen LogP contribution < -0.4 is 10.6 Å². The maximum Gasteiger partial charge on any atom is 0.337 e. The molecule has 2 aromatic carbocycles. The number of carboxylic acids is 1. The van der Waals surface area contributed by atoms with Gasteiger partial charge in [-0.2, -0.15) is 0 Å². The monoisotopic (exact) mass is 396 g/mol. The number of hydrogen-bond acceptors (Lipinski definition) is 3. The number of hydrogen-bond donors (Lipinski definition) is 3. The predicted octanol–water partition coefficient (Wildman–Crippen LogP) is 3.41. The predicted molar refractivity (Wildman–Crippen MR) is 91.2 cm³/mol. The number of anilines is 1. The van der Waals surface area contributed by atoms with Crippen LogP contribution in [-0.4, -0.2) is 22.1 Å². The van der Waals surface area contributed by atoms with Crippen LogP contribution in [0.5, 0.6) is 0 Å². The molecule has 0 saturated carbocycles. The molecule has 0 aliphatic rings. The zero-order valence-electron chi connectivity index (χ0n) is 11.5. The number of carbonyl (C=O) groups excluding carboxylic acids is 1. The van der Waals surface area contributed by atoms with Crippen molar-refractivity contribution in [3.05, 3.63) is 63.9 Å². The Bertz CT molecular complexity index is 798. The van der Waals surface area contributed by atoms with Crippen molar-refractivity contribution >= 4 is 50.8 Å². The molecule has 118 valence electrons. The van der Waals surface area contributed by atoms with E-state index in [1.165, 1.54) is 30.3 Å². The largest absolute Gasteiger partial charge is 0.478 e. The van der Waals surface area contributed by atoms with Gasteiger partial charge < -0.3 is 10.4 Å². The molecule has 0 aromatic heterocycles. The average Bonchev–Trinajstić information content (AvgIpc) is 2.48. The molecule has 0 heterocycles. The van der Waals surface area contributed by atoms with Crippen molar-refractivity contribution in [3.8, 4) is 0 Å². The van der Waals surface area contributed by atoms with Gasteiger partial charge in [0.05, 0.1) is 11.3 Å². The third-order valence-electron chi connectivity index (χ3n) is 2.77. The summed E-state index contributed by atoms with van der Waals surface area (Å²) in [7, 11) is 0. The van der Waals surface area contributed by atoms with Crippen molar-refractivity contribution in [3.63, 3.8) is 0 Å². The van der Waals surface area contributed by atoms with Crippen LogP contribution in [0.4, 0.5) is 10.1 Å². The highest BCUT2D eigenvalue weighted by atomic mass is 79.9. The zero-order valence-corrected chi connectivity index (χ0v) is 13.9. The summed E-state index contributed by atoms with van der Waals surface area (Å²) in [6, 6.07) is 9.66. The second-order valence-electron chi connectivity index (χ2n) is 4.41. The number of aromatic carboxylic acids is 1. The molecular formula is C15H10BrFN2O3S. The van der Waals surface area contributed by atoms with E-state index < -0.39 is 17.7 Å². The molecule has 0 aliphatic carbocycles. The fourth-order valence-corrected chi connectivity index (χ4v) is 2.32. The fourth-order valence-electron chi connectivity index (χ4n) is 1.76. The van der Waals surface area contributed by atoms with Crippen LogP contribution in [0.1, 0.15) is 20.7 Å². The van der Waals surface area contributed by atoms with Crippen molar-refractivity contribution in [2.24, 2.45) is 0 Å². The molecule has 2 aromatic rings. The summed E-state index contributed by atoms with van der Waals surface area (Å²) in [4.78, 5) is 23.1. The maximum absolute atomic E-state index is 13.1. The molecule has 8 heteroatoms. The average molecular weight is 397 g/mol. The van der Waals surface area contributed by atoms with Crippen LogP contribution >= 0.6 is 28.1 Å². The smallest absolute Gasteiger partial charge is 0.337 e. The Morgan fingerprint density at radius 2 is 1.91 bits per heavy atom. The van der Waals surface area contributed by atoms with E-state index >= 15 is 0 Å². The van der Waals surface area contributed by atoms with Crippen LogP contribution in [0, 0.1) is 5.82 Å². The standard InChI is InChI=1S/C15H10BrFN2O3S/c16-9-4-5-12(11(7-9)14(21)22)18-15(23)19-13(20)8-2-1-3-10(17)6-8/h1-7H,(H,21,22)(H2,18,19,20,23). The number of rotatable bonds is 3. The summed E-state index contributed by atoms with van der Waals surface area (Å²) < 4.78 is 13.7. The summed E-state index contributed by atoms with van der Waals surface area (Å²) >= 11 is 8.16. The molecule has 5 nitrogen and oxygen atoms in total. The highest BCUT2D eigenvalue weighted by Crippen LogP contribution is 2.21. The molecule has 0 atom stereocenters. The van der Waals surface area contributed by atoms with Crippen LogP contribution in [-0.2, 0) is 0 Å². The lowest BCUT2D eigenvalue weighted by atomic mass is 10.2. The van der Waals surface area contributed by atoms with Gasteiger partial charge in [-0.25, -0.2) is 9.18 Å². The number of halogens is 2. The normalized spacial score (nSPS) is 10.0. The van der Waals surface area contributed by atoms with E-state index in [0.29, 0.717) is 4.47 Å². The number of carbonyl (C=O) groups is 2. The molecule has 0 saturated heterocycles. The Morgan fingerprint density at radius 1 is 1.17 bits per heavy atom. The topological polar surface area (TPSA) is 78.4 Å². The SMILES string of the molecule is O=C(NC(=S)Nc1ccc(Br)cc1C(=O)O)c1cccc(F)c1. The van der Waals surface area contributed by atoms with Gasteiger partial charge in [-0.3, -0.25) is 10.1 Å². The van der Waals surface area contributed by atoms with Gasteiger partial charge >= 0.3 is 5.97 Å². The summed E-state index contributed by atoms with van der Waals surface area (Å²) in [5, 5.41) is 14.1. The Morgan fingerprint density at radius 3 is 2.57 bits per heavy atom. The van der Waals surface area contributed by atoms with Gasteiger partial charge in [-0.15, -0.1) is 0 Å². The summed E-state index contributed by atoms with van der Waals surface area (Å²) in [5.41, 5.74) is 0.315. The summed E-state index contributed by atoms with van der Waals surface area (Å²) in [6.45, 7) is 0. The quantitative estimate of drug-likeness (QED) is 0.692. The van der Waals surface area contributed by atoms with E-state index in [9.17, 15) is 14.0 Å². The van der Waals surface area contributed by atoms with Crippen molar-refractivity contribution < 1.29 is 19.1 Å². The molecule has 0 aliphatic heterocycles. The van der Waals surface area contributed by atoms with E-state index in [0.717, 1.165) is 6.07 Å². The summed E-state index contributed by atoms with van der Waals surface area (Å²) in [6.07, 6.45) is 0. The fraction of sp³-hybridized carbons (Fsp3) is 0. The van der Waals surface area contributed by atoms with E-state index in [4.69, 9.17) is 17.3 Å². The molecule has 0 unspecified atom stereocenters. The van der Waals surface area contributed by atoms with Gasteiger partial charge in [0.15, 0.2) is 5.11 Å². The first-order valence-corrected chi connectivity index (χ1v) is 7.47. The van der Waals surface area contributed by atoms with E-state index in [2.05, 4.69) is 26.6 Å². The third kappa shape index (κ3) is 4.57. The number of amides is 1. The minimum absolute atomic E-state index is 0.0123. The van der Waals surface area contributed by atoms with Gasteiger partial charge in [0.1, 0.15) is 5.82 Å². The molecule has 0 spiro atoms. The van der Waals surface area contributed by atoms with Crippen LogP contribution in [0.25, 0.3) is 0 Å². The van der Waals surface area contributed by atoms with Gasteiger partial charge in [-0.1, -0.05) is 22.0 Å². The Kier molecular flexibility index (Phi) is 5.41. The molecule has 23 heavy (non-hydrogen) atoms. The van der Waals surface area contributed by atoms with Crippen molar-refractivity contribution in [2.75, 3.05) is 5.32 Å². The summed E-state index contributed by atoms with van der Waals surface area (Å²) in [5.74, 6) is -2.29. The van der Waals surface area contributed by atoms with Gasteiger partial charge in [0.2, 0.25) is 0 Å². The van der Waals surface area contributed by atoms with Crippen molar-refractivity contribution in [1.29, 1.82) is 0 Å². The van der Waals surface area contributed by atoms with Gasteiger partial charge in [-0.05, 0) is 48.6 Å². The van der Waals surface area contributed by atoms with Gasteiger partial charge in [0, 0.05) is 10.0 Å². The van der Waals surface area contributed by atoms with Gasteiger partial charge in [0.25, 0.3) is 5.91 Å². The van der Waals surface area contributed by atoms with E-state index in [1.54, 1.807) is 6.07 Å². The highest BCUT2D eigenvalue weighted by Gasteiger charge is 2.13. The highest BCUT2D eigenvalue weighted by molar-refractivity contribution is 9.10. The lowest BCUT2D eigenvalue weighted by Gasteiger charge is -2.12. The minimum Gasteiger partial charge on any atom is -0.478 e. The first kappa shape index (κ1) is 17.0. The van der Waals surface area contributed by atoms with Crippen LogP contribution in [0.3, 0.4) is 0 Å². The van der Waals surface area contributed by atoms with Crippen LogP contribution in [0.15, 0.2) is 46.9 Å². The Balaban J connectivity index is 2.11. The third-order valence-corrected chi connectivity index (χ3v) is 3.47. The number of benzene rings is 2. The zero-order chi connectivity index (χ0) is 17.0. The second kappa shape index (κ2) is 7.30. The molecule has 0 bridgehead atoms. The minimum atomic E-state index is -1.15. The lowest BCUT2D eigenvalue weighted by molar-refractivity contribution is 0.0697. The molecule has 2 rings (SSSR count). The lowest BCUT2D eigenvalue weighted by Crippen LogP contribution is -2.34. The molecule has 1 amide bonds. The number of nitrogens with one attached hydrogen (secondary N) is 2. The Labute approximate surface area is 144 Å². The molecular weight excluding hydrogens is 387 g/mol. The number of carboxylic acid groups (broad SMARTS) is 1. The first-order valence-electron chi connectivity index (χ1n) is 6.27. The van der Waals surface area contributed by atoms with Crippen molar-refractivity contribution in [2.45, 2.75) is 0 Å². The van der Waals surface area contributed by atoms with E-state index in [-0.39, 0.29) is 21.9 Å². The molecule has 0 radical (unpaired) electrons.